The quantitative estimate of drug-likeness (QED) is 0.697. The van der Waals surface area contributed by atoms with Crippen molar-refractivity contribution in [2.24, 2.45) is 0 Å². The third kappa shape index (κ3) is 5.14. The fraction of sp³-hybridized carbons (Fsp3) is 0.545. The summed E-state index contributed by atoms with van der Waals surface area (Å²) in [5, 5.41) is 5.98. The Morgan fingerprint density at radius 3 is 2.65 bits per heavy atom. The van der Waals surface area contributed by atoms with Crippen LogP contribution in [0.1, 0.15) is 20.3 Å². The van der Waals surface area contributed by atoms with Crippen LogP contribution in [0.2, 0.25) is 0 Å². The first kappa shape index (κ1) is 13.2. The molecule has 0 radical (unpaired) electrons. The molecule has 0 fully saturated rings. The highest BCUT2D eigenvalue weighted by Gasteiger charge is 2.02. The van der Waals surface area contributed by atoms with Crippen LogP contribution in [0.25, 0.3) is 0 Å². The second-order valence-corrected chi connectivity index (χ2v) is 3.37. The normalized spacial score (nSPS) is 9.76. The molecule has 17 heavy (non-hydrogen) atoms. The van der Waals surface area contributed by atoms with E-state index in [2.05, 4.69) is 27.5 Å². The standard InChI is InChI=1S/C11H18N4O2/c1-3-5-13-9-6-12-7-10(15-9)14-8-11(16)17-4-2/h6-7H,3-5,8H2,1-2H3,(H2,13,14,15). The Morgan fingerprint density at radius 2 is 2.00 bits per heavy atom. The third-order valence-corrected chi connectivity index (χ3v) is 1.91. The molecule has 1 aromatic rings. The van der Waals surface area contributed by atoms with Crippen molar-refractivity contribution in [2.45, 2.75) is 20.3 Å². The predicted octanol–water partition coefficient (Wildman–Crippen LogP) is 1.27. The molecule has 0 amide bonds. The Labute approximate surface area is 101 Å². The smallest absolute Gasteiger partial charge is 0.325 e. The summed E-state index contributed by atoms with van der Waals surface area (Å²) in [5.41, 5.74) is 0. The van der Waals surface area contributed by atoms with E-state index in [9.17, 15) is 4.79 Å². The molecule has 1 heterocycles. The van der Waals surface area contributed by atoms with E-state index in [-0.39, 0.29) is 12.5 Å². The molecule has 0 aliphatic heterocycles. The zero-order chi connectivity index (χ0) is 12.5. The van der Waals surface area contributed by atoms with Gasteiger partial charge in [-0.25, -0.2) is 4.98 Å². The first-order chi connectivity index (χ1) is 8.26. The molecule has 2 N–H and O–H groups in total. The lowest BCUT2D eigenvalue weighted by atomic mass is 10.5. The van der Waals surface area contributed by atoms with Crippen LogP contribution in [-0.2, 0) is 9.53 Å². The summed E-state index contributed by atoms with van der Waals surface area (Å²) in [7, 11) is 0. The molecule has 0 spiro atoms. The molecule has 6 nitrogen and oxygen atoms in total. The summed E-state index contributed by atoms with van der Waals surface area (Å²) in [5.74, 6) is 0.945. The van der Waals surface area contributed by atoms with Gasteiger partial charge in [0.2, 0.25) is 0 Å². The number of ether oxygens (including phenoxy) is 1. The van der Waals surface area contributed by atoms with Gasteiger partial charge in [0.25, 0.3) is 0 Å². The first-order valence-electron chi connectivity index (χ1n) is 5.71. The molecule has 0 aliphatic carbocycles. The molecule has 0 unspecified atom stereocenters. The van der Waals surface area contributed by atoms with Gasteiger partial charge in [-0.3, -0.25) is 9.78 Å². The average Bonchev–Trinajstić information content (AvgIpc) is 2.35. The van der Waals surface area contributed by atoms with Crippen LogP contribution in [0.5, 0.6) is 0 Å². The van der Waals surface area contributed by atoms with E-state index in [1.807, 2.05) is 0 Å². The van der Waals surface area contributed by atoms with Crippen molar-refractivity contribution in [3.8, 4) is 0 Å². The second-order valence-electron chi connectivity index (χ2n) is 3.37. The summed E-state index contributed by atoms with van der Waals surface area (Å²) in [6.45, 7) is 5.16. The number of esters is 1. The second kappa shape index (κ2) is 7.43. The number of nitrogens with one attached hydrogen (secondary N) is 2. The highest BCUT2D eigenvalue weighted by atomic mass is 16.5. The largest absolute Gasteiger partial charge is 0.465 e. The SMILES string of the molecule is CCCNc1cncc(NCC(=O)OCC)n1. The highest BCUT2D eigenvalue weighted by Crippen LogP contribution is 2.06. The summed E-state index contributed by atoms with van der Waals surface area (Å²) >= 11 is 0. The van der Waals surface area contributed by atoms with Crippen LogP contribution in [-0.4, -0.2) is 35.6 Å². The molecule has 0 aliphatic rings. The van der Waals surface area contributed by atoms with Crippen molar-refractivity contribution in [3.05, 3.63) is 12.4 Å². The van der Waals surface area contributed by atoms with Crippen molar-refractivity contribution in [2.75, 3.05) is 30.3 Å². The zero-order valence-corrected chi connectivity index (χ0v) is 10.2. The van der Waals surface area contributed by atoms with E-state index < -0.39 is 0 Å². The van der Waals surface area contributed by atoms with Gasteiger partial charge in [-0.15, -0.1) is 0 Å². The van der Waals surface area contributed by atoms with Gasteiger partial charge in [0.15, 0.2) is 0 Å². The van der Waals surface area contributed by atoms with E-state index in [0.29, 0.717) is 18.2 Å². The molecular formula is C11H18N4O2. The molecule has 1 rings (SSSR count). The first-order valence-corrected chi connectivity index (χ1v) is 5.71. The van der Waals surface area contributed by atoms with E-state index >= 15 is 0 Å². The maximum absolute atomic E-state index is 11.1. The average molecular weight is 238 g/mol. The summed E-state index contributed by atoms with van der Waals surface area (Å²) in [6, 6.07) is 0. The fourth-order valence-corrected chi connectivity index (χ4v) is 1.16. The molecule has 0 saturated carbocycles. The van der Waals surface area contributed by atoms with Crippen molar-refractivity contribution in [3.63, 3.8) is 0 Å². The zero-order valence-electron chi connectivity index (χ0n) is 10.2. The van der Waals surface area contributed by atoms with E-state index in [0.717, 1.165) is 13.0 Å². The van der Waals surface area contributed by atoms with Gasteiger partial charge in [-0.1, -0.05) is 6.92 Å². The molecule has 0 atom stereocenters. The van der Waals surface area contributed by atoms with Crippen LogP contribution < -0.4 is 10.6 Å². The summed E-state index contributed by atoms with van der Waals surface area (Å²) in [6.07, 6.45) is 4.23. The Hall–Kier alpha value is -1.85. The Morgan fingerprint density at radius 1 is 1.29 bits per heavy atom. The number of aromatic nitrogens is 2. The number of hydrogen-bond donors (Lipinski definition) is 2. The third-order valence-electron chi connectivity index (χ3n) is 1.91. The number of anilines is 2. The van der Waals surface area contributed by atoms with Gasteiger partial charge in [0.1, 0.15) is 18.2 Å². The molecule has 0 saturated heterocycles. The van der Waals surface area contributed by atoms with Crippen LogP contribution >= 0.6 is 0 Å². The van der Waals surface area contributed by atoms with Gasteiger partial charge in [0.05, 0.1) is 19.0 Å². The lowest BCUT2D eigenvalue weighted by Gasteiger charge is -2.07. The Kier molecular flexibility index (Phi) is 5.77. The fourth-order valence-electron chi connectivity index (χ4n) is 1.16. The molecule has 94 valence electrons. The van der Waals surface area contributed by atoms with Crippen LogP contribution in [0.3, 0.4) is 0 Å². The van der Waals surface area contributed by atoms with Crippen LogP contribution in [0.15, 0.2) is 12.4 Å². The molecule has 0 bridgehead atoms. The topological polar surface area (TPSA) is 76.1 Å². The summed E-state index contributed by atoms with van der Waals surface area (Å²) < 4.78 is 4.79. The Balaban J connectivity index is 2.45. The number of nitrogens with zero attached hydrogens (tertiary/aromatic N) is 2. The lowest BCUT2D eigenvalue weighted by Crippen LogP contribution is -2.17. The molecule has 6 heteroatoms. The van der Waals surface area contributed by atoms with Crippen molar-refractivity contribution in [1.82, 2.24) is 9.97 Å². The van der Waals surface area contributed by atoms with E-state index in [4.69, 9.17) is 4.74 Å². The molecule has 0 aromatic carbocycles. The highest BCUT2D eigenvalue weighted by molar-refractivity contribution is 5.74. The van der Waals surface area contributed by atoms with Crippen molar-refractivity contribution < 1.29 is 9.53 Å². The van der Waals surface area contributed by atoms with Crippen LogP contribution in [0, 0.1) is 0 Å². The van der Waals surface area contributed by atoms with Gasteiger partial charge in [0, 0.05) is 6.54 Å². The van der Waals surface area contributed by atoms with E-state index in [1.165, 1.54) is 0 Å². The Bertz CT molecular complexity index is 357. The maximum Gasteiger partial charge on any atom is 0.325 e. The minimum atomic E-state index is -0.304. The monoisotopic (exact) mass is 238 g/mol. The number of hydrogen-bond acceptors (Lipinski definition) is 6. The van der Waals surface area contributed by atoms with Crippen molar-refractivity contribution >= 4 is 17.6 Å². The minimum absolute atomic E-state index is 0.0970. The van der Waals surface area contributed by atoms with Crippen molar-refractivity contribution in [1.29, 1.82) is 0 Å². The van der Waals surface area contributed by atoms with Gasteiger partial charge < -0.3 is 15.4 Å². The molecule has 1 aromatic heterocycles. The van der Waals surface area contributed by atoms with E-state index in [1.54, 1.807) is 19.3 Å². The van der Waals surface area contributed by atoms with Gasteiger partial charge >= 0.3 is 5.97 Å². The van der Waals surface area contributed by atoms with Gasteiger partial charge in [-0.05, 0) is 13.3 Å². The maximum atomic E-state index is 11.1. The molecular weight excluding hydrogens is 220 g/mol. The minimum Gasteiger partial charge on any atom is -0.465 e. The number of carbonyl (C=O) groups excluding carboxylic acids is 1. The predicted molar refractivity (Wildman–Crippen MR) is 65.9 cm³/mol. The van der Waals surface area contributed by atoms with Crippen LogP contribution in [0.4, 0.5) is 11.6 Å². The number of carbonyl (C=O) groups is 1. The van der Waals surface area contributed by atoms with Gasteiger partial charge in [-0.2, -0.15) is 0 Å². The lowest BCUT2D eigenvalue weighted by molar-refractivity contribution is -0.140. The number of rotatable bonds is 7. The summed E-state index contributed by atoms with van der Waals surface area (Å²) in [4.78, 5) is 19.4.